The number of hydrogen-bond acceptors (Lipinski definition) is 2. The van der Waals surface area contributed by atoms with E-state index < -0.39 is 6.04 Å². The Hall–Kier alpha value is -1.75. The summed E-state index contributed by atoms with van der Waals surface area (Å²) in [7, 11) is 0. The van der Waals surface area contributed by atoms with Crippen LogP contribution in [-0.4, -0.2) is 29.3 Å². The minimum absolute atomic E-state index is 0.0726. The molecule has 0 bridgehead atoms. The second-order valence-electron chi connectivity index (χ2n) is 6.88. The van der Waals surface area contributed by atoms with Crippen molar-refractivity contribution in [1.82, 2.24) is 10.2 Å². The van der Waals surface area contributed by atoms with Crippen LogP contribution in [0.25, 0.3) is 0 Å². The van der Waals surface area contributed by atoms with Crippen molar-refractivity contribution in [2.75, 3.05) is 6.54 Å². The van der Waals surface area contributed by atoms with Gasteiger partial charge in [-0.1, -0.05) is 66.3 Å². The molecule has 0 saturated carbocycles. The Morgan fingerprint density at radius 3 is 2.45 bits per heavy atom. The largest absolute Gasteiger partial charge is 0.354 e. The van der Waals surface area contributed by atoms with Crippen molar-refractivity contribution in [3.8, 4) is 0 Å². The van der Waals surface area contributed by atoms with E-state index in [9.17, 15) is 9.59 Å². The highest BCUT2D eigenvalue weighted by molar-refractivity contribution is 6.35. The van der Waals surface area contributed by atoms with Crippen LogP contribution in [0.15, 0.2) is 42.5 Å². The summed E-state index contributed by atoms with van der Waals surface area (Å²) in [5.74, 6) is -0.386. The quantitative estimate of drug-likeness (QED) is 0.506. The van der Waals surface area contributed by atoms with E-state index in [-0.39, 0.29) is 24.8 Å². The van der Waals surface area contributed by atoms with Gasteiger partial charge in [-0.25, -0.2) is 0 Å². The smallest absolute Gasteiger partial charge is 0.242 e. The molecule has 0 aliphatic carbocycles. The number of amides is 2. The Morgan fingerprint density at radius 1 is 1.07 bits per heavy atom. The van der Waals surface area contributed by atoms with Crippen molar-refractivity contribution in [3.63, 3.8) is 0 Å². The van der Waals surface area contributed by atoms with E-state index >= 15 is 0 Å². The van der Waals surface area contributed by atoms with Gasteiger partial charge < -0.3 is 10.2 Å². The van der Waals surface area contributed by atoms with Crippen LogP contribution >= 0.6 is 34.8 Å². The lowest BCUT2D eigenvalue weighted by molar-refractivity contribution is -0.140. The fraction of sp³-hybridized carbons (Fsp3) is 0.364. The Balaban J connectivity index is 2.22. The summed E-state index contributed by atoms with van der Waals surface area (Å²) in [6, 6.07) is 11.7. The van der Waals surface area contributed by atoms with Gasteiger partial charge in [-0.3, -0.25) is 9.59 Å². The van der Waals surface area contributed by atoms with Gasteiger partial charge >= 0.3 is 0 Å². The molecule has 0 saturated heterocycles. The highest BCUT2D eigenvalue weighted by Gasteiger charge is 2.26. The van der Waals surface area contributed by atoms with Gasteiger partial charge in [0.15, 0.2) is 0 Å². The molecule has 2 amide bonds. The zero-order valence-corrected chi connectivity index (χ0v) is 18.8. The number of hydrogen-bond donors (Lipinski definition) is 1. The average molecular weight is 456 g/mol. The molecule has 2 rings (SSSR count). The molecule has 0 aromatic heterocycles. The molecule has 0 radical (unpaired) electrons. The molecule has 1 N–H and O–H groups in total. The first-order chi connectivity index (χ1) is 13.8. The van der Waals surface area contributed by atoms with Crippen LogP contribution in [0.2, 0.25) is 15.1 Å². The number of halogens is 3. The van der Waals surface area contributed by atoms with Crippen LogP contribution in [0.1, 0.15) is 37.8 Å². The molecule has 156 valence electrons. The number of carbonyl (C=O) groups is 2. The molecule has 7 heteroatoms. The second-order valence-corrected chi connectivity index (χ2v) is 8.16. The van der Waals surface area contributed by atoms with Crippen molar-refractivity contribution in [3.05, 3.63) is 68.7 Å². The molecular weight excluding hydrogens is 431 g/mol. The van der Waals surface area contributed by atoms with Crippen molar-refractivity contribution in [2.24, 2.45) is 0 Å². The average Bonchev–Trinajstić information content (AvgIpc) is 2.68. The van der Waals surface area contributed by atoms with E-state index in [4.69, 9.17) is 34.8 Å². The first-order valence-corrected chi connectivity index (χ1v) is 10.7. The number of carbonyl (C=O) groups excluding carboxylic acids is 2. The molecule has 0 unspecified atom stereocenters. The first kappa shape index (κ1) is 23.5. The second kappa shape index (κ2) is 11.4. The normalized spacial score (nSPS) is 11.8. The van der Waals surface area contributed by atoms with E-state index in [1.165, 1.54) is 0 Å². The topological polar surface area (TPSA) is 49.4 Å². The molecule has 4 nitrogen and oxygen atoms in total. The van der Waals surface area contributed by atoms with Crippen LogP contribution in [0.5, 0.6) is 0 Å². The number of nitrogens with zero attached hydrogens (tertiary/aromatic N) is 1. The molecule has 0 heterocycles. The molecule has 29 heavy (non-hydrogen) atoms. The summed E-state index contributed by atoms with van der Waals surface area (Å²) in [6.07, 6.45) is 1.94. The van der Waals surface area contributed by atoms with Crippen LogP contribution in [0.4, 0.5) is 0 Å². The predicted octanol–water partition coefficient (Wildman–Crippen LogP) is 5.52. The van der Waals surface area contributed by atoms with E-state index in [0.717, 1.165) is 18.4 Å². The third-order valence-electron chi connectivity index (χ3n) is 4.60. The van der Waals surface area contributed by atoms with E-state index in [2.05, 4.69) is 12.2 Å². The van der Waals surface area contributed by atoms with Crippen molar-refractivity contribution < 1.29 is 9.59 Å². The fourth-order valence-corrected chi connectivity index (χ4v) is 3.57. The fourth-order valence-electron chi connectivity index (χ4n) is 2.88. The molecular formula is C22H25Cl3N2O2. The lowest BCUT2D eigenvalue weighted by Gasteiger charge is -2.29. The summed E-state index contributed by atoms with van der Waals surface area (Å²) in [6.45, 7) is 4.64. The number of nitrogens with one attached hydrogen (secondary N) is 1. The SMILES string of the molecule is CCCCNC(=O)[C@@H](C)N(Cc1cccc(Cl)c1)C(=O)Cc1ccc(Cl)cc1Cl. The summed E-state index contributed by atoms with van der Waals surface area (Å²) < 4.78 is 0. The lowest BCUT2D eigenvalue weighted by atomic mass is 10.1. The van der Waals surface area contributed by atoms with Gasteiger partial charge in [-0.15, -0.1) is 0 Å². The standard InChI is InChI=1S/C22H25Cl3N2O2/c1-3-4-10-26-22(29)15(2)27(14-16-6-5-7-18(23)11-16)21(28)12-17-8-9-19(24)13-20(17)25/h5-9,11,13,15H,3-4,10,12,14H2,1-2H3,(H,26,29)/t15-/m1/s1. The lowest BCUT2D eigenvalue weighted by Crippen LogP contribution is -2.48. The van der Waals surface area contributed by atoms with Gasteiger partial charge in [0.1, 0.15) is 6.04 Å². The maximum Gasteiger partial charge on any atom is 0.242 e. The summed E-state index contributed by atoms with van der Waals surface area (Å²) >= 11 is 18.3. The van der Waals surface area contributed by atoms with Gasteiger partial charge in [0.25, 0.3) is 0 Å². The molecule has 0 aliphatic heterocycles. The molecule has 0 fully saturated rings. The van der Waals surface area contributed by atoms with Gasteiger partial charge in [-0.2, -0.15) is 0 Å². The molecule has 2 aromatic rings. The molecule has 2 aromatic carbocycles. The zero-order valence-electron chi connectivity index (χ0n) is 16.6. The van der Waals surface area contributed by atoms with Crippen molar-refractivity contribution in [2.45, 2.75) is 45.7 Å². The van der Waals surface area contributed by atoms with Gasteiger partial charge in [-0.05, 0) is 48.7 Å². The maximum atomic E-state index is 13.1. The zero-order chi connectivity index (χ0) is 21.4. The predicted molar refractivity (Wildman–Crippen MR) is 120 cm³/mol. The Labute approximate surface area is 187 Å². The van der Waals surface area contributed by atoms with Gasteiger partial charge in [0.05, 0.1) is 6.42 Å². The monoisotopic (exact) mass is 454 g/mol. The number of unbranched alkanes of at least 4 members (excludes halogenated alkanes) is 1. The van der Waals surface area contributed by atoms with E-state index in [1.807, 2.05) is 12.1 Å². The summed E-state index contributed by atoms with van der Waals surface area (Å²) in [5, 5.41) is 4.41. The first-order valence-electron chi connectivity index (χ1n) is 9.57. The highest BCUT2D eigenvalue weighted by atomic mass is 35.5. The highest BCUT2D eigenvalue weighted by Crippen LogP contribution is 2.23. The molecule has 0 spiro atoms. The van der Waals surface area contributed by atoms with Gasteiger partial charge in [0, 0.05) is 28.2 Å². The third-order valence-corrected chi connectivity index (χ3v) is 5.42. The van der Waals surface area contributed by atoms with Crippen LogP contribution in [0.3, 0.4) is 0 Å². The van der Waals surface area contributed by atoms with Gasteiger partial charge in [0.2, 0.25) is 11.8 Å². The number of rotatable bonds is 9. The Morgan fingerprint density at radius 2 is 1.79 bits per heavy atom. The minimum Gasteiger partial charge on any atom is -0.354 e. The van der Waals surface area contributed by atoms with E-state index in [0.29, 0.717) is 27.2 Å². The maximum absolute atomic E-state index is 13.1. The Bertz CT molecular complexity index is 858. The van der Waals surface area contributed by atoms with Crippen molar-refractivity contribution in [1.29, 1.82) is 0 Å². The van der Waals surface area contributed by atoms with Crippen LogP contribution in [0, 0.1) is 0 Å². The Kier molecular flexibility index (Phi) is 9.28. The van der Waals surface area contributed by atoms with Crippen molar-refractivity contribution >= 4 is 46.6 Å². The summed E-state index contributed by atoms with van der Waals surface area (Å²) in [4.78, 5) is 27.3. The molecule has 0 aliphatic rings. The third kappa shape index (κ3) is 7.22. The molecule has 1 atom stereocenters. The van der Waals surface area contributed by atoms with Crippen LogP contribution in [-0.2, 0) is 22.6 Å². The van der Waals surface area contributed by atoms with E-state index in [1.54, 1.807) is 42.2 Å². The summed E-state index contributed by atoms with van der Waals surface area (Å²) in [5.41, 5.74) is 1.51. The minimum atomic E-state index is -0.635. The van der Waals surface area contributed by atoms with Crippen LogP contribution < -0.4 is 5.32 Å². The number of benzene rings is 2.